The summed E-state index contributed by atoms with van der Waals surface area (Å²) in [6.45, 7) is 1.93. The average molecular weight is 885 g/mol. The highest BCUT2D eigenvalue weighted by molar-refractivity contribution is 7.15. The van der Waals surface area contributed by atoms with Gasteiger partial charge in [-0.25, -0.2) is 0 Å². The van der Waals surface area contributed by atoms with E-state index in [-0.39, 0.29) is 48.9 Å². The summed E-state index contributed by atoms with van der Waals surface area (Å²) in [6.07, 6.45) is 10.8. The van der Waals surface area contributed by atoms with E-state index in [0.29, 0.717) is 44.6 Å². The molecule has 62 heavy (non-hydrogen) atoms. The number of carbonyl (C=O) groups is 3. The van der Waals surface area contributed by atoms with Crippen LogP contribution in [-0.2, 0) is 38.4 Å². The number of carbonyl (C=O) groups excluding carboxylic acids is 3. The van der Waals surface area contributed by atoms with Crippen LogP contribution in [0, 0.1) is 6.92 Å². The van der Waals surface area contributed by atoms with Gasteiger partial charge in [0.1, 0.15) is 33.0 Å². The summed E-state index contributed by atoms with van der Waals surface area (Å²) in [5.41, 5.74) is 2.85. The van der Waals surface area contributed by atoms with Crippen LogP contribution in [0.25, 0.3) is 0 Å². The number of pyridine rings is 4. The molecular weight excluding hydrogens is 837 g/mol. The van der Waals surface area contributed by atoms with E-state index in [4.69, 9.17) is 18.9 Å². The summed E-state index contributed by atoms with van der Waals surface area (Å²) in [5, 5.41) is 25.5. The molecule has 0 aromatic carbocycles. The molecule has 2 atom stereocenters. The molecule has 18 nitrogen and oxygen atoms in total. The van der Waals surface area contributed by atoms with E-state index in [1.165, 1.54) is 29.8 Å². The van der Waals surface area contributed by atoms with Crippen molar-refractivity contribution in [3.8, 4) is 23.0 Å². The van der Waals surface area contributed by atoms with Crippen molar-refractivity contribution >= 4 is 50.7 Å². The molecule has 2 amide bonds. The first-order valence-corrected chi connectivity index (χ1v) is 21.0. The number of methoxy groups -OCH3 is 5. The Morgan fingerprint density at radius 3 is 1.37 bits per heavy atom. The number of nitrogens with one attached hydrogen (secondary N) is 2. The molecule has 2 N–H and O–H groups in total. The van der Waals surface area contributed by atoms with Crippen molar-refractivity contribution in [1.29, 1.82) is 0 Å². The zero-order valence-electron chi connectivity index (χ0n) is 35.2. The minimum absolute atomic E-state index is 0.115. The topological polar surface area (TPSA) is 225 Å². The van der Waals surface area contributed by atoms with Crippen LogP contribution in [-0.4, -0.2) is 93.7 Å². The Bertz CT molecular complexity index is 2270. The zero-order chi connectivity index (χ0) is 44.3. The van der Waals surface area contributed by atoms with Crippen LogP contribution in [0.1, 0.15) is 70.3 Å². The van der Waals surface area contributed by atoms with Gasteiger partial charge in [-0.05, 0) is 50.5 Å². The molecule has 0 aliphatic heterocycles. The molecule has 1 saturated carbocycles. The summed E-state index contributed by atoms with van der Waals surface area (Å²) < 4.78 is 24.8. The van der Waals surface area contributed by atoms with E-state index >= 15 is 0 Å². The lowest BCUT2D eigenvalue weighted by Gasteiger charge is -2.25. The molecule has 7 rings (SSSR count). The van der Waals surface area contributed by atoms with Gasteiger partial charge in [0.15, 0.2) is 0 Å². The normalized spacial score (nSPS) is 14.1. The van der Waals surface area contributed by atoms with E-state index < -0.39 is 0 Å². The van der Waals surface area contributed by atoms with Crippen LogP contribution in [0.4, 0.5) is 10.3 Å². The molecule has 326 valence electrons. The maximum atomic E-state index is 12.5. The lowest BCUT2D eigenvalue weighted by atomic mass is 9.82. The van der Waals surface area contributed by atoms with Crippen molar-refractivity contribution in [3.05, 3.63) is 106 Å². The molecule has 6 aromatic heterocycles. The second-order valence-corrected chi connectivity index (χ2v) is 15.6. The van der Waals surface area contributed by atoms with Crippen molar-refractivity contribution in [2.75, 3.05) is 46.2 Å². The van der Waals surface area contributed by atoms with Crippen LogP contribution >= 0.6 is 22.7 Å². The monoisotopic (exact) mass is 884 g/mol. The number of hydrogen-bond donors (Lipinski definition) is 2. The number of ether oxygens (including phenoxy) is 5. The van der Waals surface area contributed by atoms with Crippen molar-refractivity contribution in [2.45, 2.75) is 63.7 Å². The molecule has 1 fully saturated rings. The maximum absolute atomic E-state index is 12.5. The molecule has 1 aliphatic rings. The van der Waals surface area contributed by atoms with Gasteiger partial charge in [0.05, 0.1) is 71.9 Å². The van der Waals surface area contributed by atoms with Crippen LogP contribution in [0.2, 0.25) is 0 Å². The van der Waals surface area contributed by atoms with E-state index in [2.05, 4.69) is 55.7 Å². The summed E-state index contributed by atoms with van der Waals surface area (Å²) in [4.78, 5) is 52.3. The SMILES string of the molecule is COC(=O)Cc1cc(OC)ccn1.COc1ccnc(C)c1.COc1ccnc(CC(=O)Nc2nnc([C@H]3CCC[C@H](c4nnc(NC(=O)Cc5cc(OC)ccn5)s4)C3)s2)c1. The predicted octanol–water partition coefficient (Wildman–Crippen LogP) is 6.20. The Labute approximate surface area is 366 Å². The summed E-state index contributed by atoms with van der Waals surface area (Å²) in [6, 6.07) is 14.1. The van der Waals surface area contributed by atoms with Gasteiger partial charge < -0.3 is 34.3 Å². The first kappa shape index (κ1) is 46.4. The van der Waals surface area contributed by atoms with Crippen molar-refractivity contribution < 1.29 is 38.1 Å². The molecule has 0 saturated heterocycles. The fourth-order valence-corrected chi connectivity index (χ4v) is 7.91. The minimum atomic E-state index is -0.305. The molecule has 0 spiro atoms. The number of amides is 2. The Morgan fingerprint density at radius 1 is 0.581 bits per heavy atom. The number of hydrogen-bond acceptors (Lipinski definition) is 18. The van der Waals surface area contributed by atoms with Gasteiger partial charge in [-0.1, -0.05) is 29.1 Å². The highest BCUT2D eigenvalue weighted by Crippen LogP contribution is 2.43. The summed E-state index contributed by atoms with van der Waals surface area (Å²) in [5.74, 6) is 2.55. The van der Waals surface area contributed by atoms with Crippen LogP contribution in [0.5, 0.6) is 23.0 Å². The van der Waals surface area contributed by atoms with Gasteiger partial charge >= 0.3 is 5.97 Å². The third-order valence-corrected chi connectivity index (χ3v) is 11.2. The second kappa shape index (κ2) is 23.9. The van der Waals surface area contributed by atoms with Gasteiger partial charge in [0.2, 0.25) is 22.1 Å². The second-order valence-electron chi connectivity index (χ2n) is 13.6. The van der Waals surface area contributed by atoms with Crippen molar-refractivity contribution in [1.82, 2.24) is 40.3 Å². The van der Waals surface area contributed by atoms with Gasteiger partial charge in [0, 0.05) is 66.6 Å². The number of anilines is 2. The third kappa shape index (κ3) is 14.8. The maximum Gasteiger partial charge on any atom is 0.311 e. The lowest BCUT2D eigenvalue weighted by molar-refractivity contribution is -0.139. The third-order valence-electron chi connectivity index (χ3n) is 9.16. The van der Waals surface area contributed by atoms with Gasteiger partial charge in [-0.2, -0.15) is 0 Å². The smallest absolute Gasteiger partial charge is 0.311 e. The van der Waals surface area contributed by atoms with E-state index in [0.717, 1.165) is 47.1 Å². The van der Waals surface area contributed by atoms with Crippen LogP contribution in [0.15, 0.2) is 73.3 Å². The highest BCUT2D eigenvalue weighted by atomic mass is 32.1. The molecule has 6 aromatic rings. The van der Waals surface area contributed by atoms with Crippen molar-refractivity contribution in [3.63, 3.8) is 0 Å². The Hall–Kier alpha value is -6.67. The molecule has 0 radical (unpaired) electrons. The largest absolute Gasteiger partial charge is 0.497 e. The molecule has 0 bridgehead atoms. The number of esters is 1. The first-order chi connectivity index (χ1) is 30.1. The first-order valence-electron chi connectivity index (χ1n) is 19.3. The van der Waals surface area contributed by atoms with Gasteiger partial charge in [-0.3, -0.25) is 34.3 Å². The van der Waals surface area contributed by atoms with E-state index in [1.54, 1.807) is 89.6 Å². The minimum Gasteiger partial charge on any atom is -0.497 e. The molecule has 20 heteroatoms. The van der Waals surface area contributed by atoms with Crippen molar-refractivity contribution in [2.24, 2.45) is 0 Å². The Morgan fingerprint density at radius 2 is 0.984 bits per heavy atom. The number of rotatable bonds is 14. The van der Waals surface area contributed by atoms with E-state index in [9.17, 15) is 14.4 Å². The number of nitrogens with zero attached hydrogens (tertiary/aromatic N) is 8. The fraction of sp³-hybridized carbons (Fsp3) is 0.357. The quantitative estimate of drug-likeness (QED) is 0.116. The predicted molar refractivity (Wildman–Crippen MR) is 232 cm³/mol. The standard InChI is InChI=1S/C26H28N8O4S2.C9H11NO3.C7H9NO/c1-37-19-6-8-27-17(11-19)13-21(35)29-25-33-31-23(39-25)15-4-3-5-16(10-15)24-32-34-26(40-24)30-22(36)14-18-12-20(38-2)7-9-28-18;1-12-8-3-4-10-7(5-8)6-9(11)13-2;1-6-5-7(9-2)3-4-8-6/h6-9,11-12,15-16H,3-5,10,13-14H2,1-2H3,(H,29,33,35)(H,30,34,36);3-5H,6H2,1-2H3;3-5H,1-2H3/t15-,16-;;/m0../s1. The van der Waals surface area contributed by atoms with Crippen LogP contribution in [0.3, 0.4) is 0 Å². The number of aromatic nitrogens is 8. The zero-order valence-corrected chi connectivity index (χ0v) is 36.8. The van der Waals surface area contributed by atoms with Crippen LogP contribution < -0.4 is 29.6 Å². The van der Waals surface area contributed by atoms with Gasteiger partial charge in [-0.15, -0.1) is 20.4 Å². The van der Waals surface area contributed by atoms with Gasteiger partial charge in [0.25, 0.3) is 0 Å². The number of aryl methyl sites for hydroxylation is 1. The molecule has 1 aliphatic carbocycles. The fourth-order valence-electron chi connectivity index (χ4n) is 6.10. The highest BCUT2D eigenvalue weighted by Gasteiger charge is 2.29. The summed E-state index contributed by atoms with van der Waals surface area (Å²) in [7, 11) is 7.71. The molecule has 0 unspecified atom stereocenters. The lowest BCUT2D eigenvalue weighted by Crippen LogP contribution is -2.15. The molecule has 6 heterocycles. The average Bonchev–Trinajstić information content (AvgIpc) is 3.97. The Kier molecular flexibility index (Phi) is 17.9. The Balaban J connectivity index is 0.000000268. The summed E-state index contributed by atoms with van der Waals surface area (Å²) >= 11 is 2.79. The van der Waals surface area contributed by atoms with E-state index in [1.807, 2.05) is 19.1 Å². The molecular formula is C42H48N10O8S2.